The largest absolute Gasteiger partial charge is 0.381 e. The predicted molar refractivity (Wildman–Crippen MR) is 89.5 cm³/mol. The Morgan fingerprint density at radius 2 is 2.00 bits per heavy atom. The van der Waals surface area contributed by atoms with Crippen LogP contribution in [0.5, 0.6) is 0 Å². The summed E-state index contributed by atoms with van der Waals surface area (Å²) in [4.78, 5) is 29.6. The maximum Gasteiger partial charge on any atom is 0.252 e. The molecule has 0 aromatic rings. The van der Waals surface area contributed by atoms with Crippen LogP contribution >= 0.6 is 0 Å². The molecule has 0 N–H and O–H groups in total. The molecule has 3 fully saturated rings. The van der Waals surface area contributed by atoms with Gasteiger partial charge >= 0.3 is 0 Å². The first-order valence-corrected chi connectivity index (χ1v) is 9.49. The summed E-state index contributed by atoms with van der Waals surface area (Å²) in [5.74, 6) is 0.557. The number of nitrogens with zero attached hydrogens (tertiary/aromatic N) is 2. The molecule has 6 heteroatoms. The lowest BCUT2D eigenvalue weighted by Crippen LogP contribution is -2.55. The minimum absolute atomic E-state index is 0.0193. The normalized spacial score (nSPS) is 30.5. The number of hydrogen-bond acceptors (Lipinski definition) is 4. The second kappa shape index (κ2) is 8.30. The first kappa shape index (κ1) is 17.7. The number of ether oxygens (including phenoxy) is 2. The second-order valence-corrected chi connectivity index (χ2v) is 7.15. The molecule has 24 heavy (non-hydrogen) atoms. The summed E-state index contributed by atoms with van der Waals surface area (Å²) < 4.78 is 11.0. The molecule has 2 amide bonds. The van der Waals surface area contributed by atoms with Crippen molar-refractivity contribution in [1.29, 1.82) is 0 Å². The Kier molecular flexibility index (Phi) is 6.11. The van der Waals surface area contributed by atoms with Gasteiger partial charge in [-0.3, -0.25) is 9.59 Å². The van der Waals surface area contributed by atoms with Gasteiger partial charge in [0, 0.05) is 38.8 Å². The average Bonchev–Trinajstić information content (AvgIpc) is 3.32. The van der Waals surface area contributed by atoms with Crippen LogP contribution in [0.25, 0.3) is 0 Å². The third kappa shape index (κ3) is 3.91. The lowest BCUT2D eigenvalue weighted by molar-refractivity contribution is -0.153. The standard InChI is InChI=1S/C18H30N2O4/c1-2-19(12-14-8-11-23-13-14)17(21)15-6-3-4-9-20(15)18(22)16-7-5-10-24-16/h14-16H,2-13H2,1H3. The summed E-state index contributed by atoms with van der Waals surface area (Å²) in [5.41, 5.74) is 0. The van der Waals surface area contributed by atoms with Crippen LogP contribution in [0.15, 0.2) is 0 Å². The Balaban J connectivity index is 1.65. The lowest BCUT2D eigenvalue weighted by Gasteiger charge is -2.39. The monoisotopic (exact) mass is 338 g/mol. The minimum Gasteiger partial charge on any atom is -0.381 e. The first-order valence-electron chi connectivity index (χ1n) is 9.49. The van der Waals surface area contributed by atoms with Gasteiger partial charge in [0.05, 0.1) is 6.61 Å². The Hall–Kier alpha value is -1.14. The van der Waals surface area contributed by atoms with Gasteiger partial charge in [-0.1, -0.05) is 0 Å². The zero-order valence-electron chi connectivity index (χ0n) is 14.7. The fourth-order valence-electron chi connectivity index (χ4n) is 4.03. The van der Waals surface area contributed by atoms with E-state index in [4.69, 9.17) is 9.47 Å². The average molecular weight is 338 g/mol. The number of amides is 2. The summed E-state index contributed by atoms with van der Waals surface area (Å²) in [7, 11) is 0. The van der Waals surface area contributed by atoms with Gasteiger partial charge < -0.3 is 19.3 Å². The van der Waals surface area contributed by atoms with E-state index < -0.39 is 0 Å². The summed E-state index contributed by atoms with van der Waals surface area (Å²) in [6.07, 6.45) is 5.16. The molecule has 6 nitrogen and oxygen atoms in total. The molecule has 3 heterocycles. The molecule has 0 spiro atoms. The maximum atomic E-state index is 13.1. The molecule has 3 saturated heterocycles. The molecule has 0 aromatic carbocycles. The molecule has 0 aliphatic carbocycles. The van der Waals surface area contributed by atoms with Gasteiger partial charge in [0.1, 0.15) is 12.1 Å². The number of hydrogen-bond donors (Lipinski definition) is 0. The molecule has 3 rings (SSSR count). The summed E-state index contributed by atoms with van der Waals surface area (Å²) in [6.45, 7) is 6.33. The van der Waals surface area contributed by atoms with Crippen molar-refractivity contribution in [2.45, 2.75) is 57.6 Å². The van der Waals surface area contributed by atoms with Gasteiger partial charge in [0.15, 0.2) is 0 Å². The highest BCUT2D eigenvalue weighted by atomic mass is 16.5. The van der Waals surface area contributed by atoms with Crippen molar-refractivity contribution >= 4 is 11.8 Å². The van der Waals surface area contributed by atoms with Crippen molar-refractivity contribution in [3.8, 4) is 0 Å². The van der Waals surface area contributed by atoms with E-state index in [1.165, 1.54) is 0 Å². The zero-order chi connectivity index (χ0) is 16.9. The van der Waals surface area contributed by atoms with Crippen LogP contribution in [0, 0.1) is 5.92 Å². The number of carbonyl (C=O) groups excluding carboxylic acids is 2. The molecule has 3 atom stereocenters. The quantitative estimate of drug-likeness (QED) is 0.761. The summed E-state index contributed by atoms with van der Waals surface area (Å²) in [5, 5.41) is 0. The Bertz CT molecular complexity index is 444. The van der Waals surface area contributed by atoms with Crippen LogP contribution in [0.2, 0.25) is 0 Å². The molecule has 0 bridgehead atoms. The summed E-state index contributed by atoms with van der Waals surface area (Å²) >= 11 is 0. The van der Waals surface area contributed by atoms with E-state index in [2.05, 4.69) is 0 Å². The predicted octanol–water partition coefficient (Wildman–Crippen LogP) is 1.43. The molecule has 0 aromatic heterocycles. The van der Waals surface area contributed by atoms with E-state index in [1.54, 1.807) is 4.90 Å². The highest BCUT2D eigenvalue weighted by molar-refractivity contribution is 5.89. The van der Waals surface area contributed by atoms with Crippen LogP contribution < -0.4 is 0 Å². The molecule has 3 aliphatic heterocycles. The number of likely N-dealkylation sites (N-methyl/N-ethyl adjacent to an activating group) is 1. The number of piperidine rings is 1. The third-order valence-corrected chi connectivity index (χ3v) is 5.47. The SMILES string of the molecule is CCN(CC1CCOC1)C(=O)C1CCCCN1C(=O)C1CCCO1. The molecule has 136 valence electrons. The van der Waals surface area contributed by atoms with Crippen molar-refractivity contribution in [3.63, 3.8) is 0 Å². The Labute approximate surface area is 144 Å². The van der Waals surface area contributed by atoms with Gasteiger partial charge in [0.25, 0.3) is 5.91 Å². The van der Waals surface area contributed by atoms with E-state index in [9.17, 15) is 9.59 Å². The van der Waals surface area contributed by atoms with Crippen LogP contribution in [-0.2, 0) is 19.1 Å². The third-order valence-electron chi connectivity index (χ3n) is 5.47. The highest BCUT2D eigenvalue weighted by Gasteiger charge is 2.38. The van der Waals surface area contributed by atoms with E-state index in [0.717, 1.165) is 58.3 Å². The van der Waals surface area contributed by atoms with E-state index in [1.807, 2.05) is 11.8 Å². The molecule has 3 aliphatic rings. The number of carbonyl (C=O) groups is 2. The van der Waals surface area contributed by atoms with E-state index >= 15 is 0 Å². The fourth-order valence-corrected chi connectivity index (χ4v) is 4.03. The Morgan fingerprint density at radius 3 is 2.67 bits per heavy atom. The topological polar surface area (TPSA) is 59.1 Å². The second-order valence-electron chi connectivity index (χ2n) is 7.15. The van der Waals surface area contributed by atoms with Crippen molar-refractivity contribution in [3.05, 3.63) is 0 Å². The Morgan fingerprint density at radius 1 is 1.12 bits per heavy atom. The van der Waals surface area contributed by atoms with Gasteiger partial charge in [-0.2, -0.15) is 0 Å². The molecule has 3 unspecified atom stereocenters. The fraction of sp³-hybridized carbons (Fsp3) is 0.889. The molecular weight excluding hydrogens is 308 g/mol. The maximum absolute atomic E-state index is 13.1. The van der Waals surface area contributed by atoms with Crippen LogP contribution in [0.1, 0.15) is 45.4 Å². The lowest BCUT2D eigenvalue weighted by atomic mass is 9.98. The molecule has 0 radical (unpaired) electrons. The van der Waals surface area contributed by atoms with E-state index in [0.29, 0.717) is 25.6 Å². The van der Waals surface area contributed by atoms with Gasteiger partial charge in [-0.25, -0.2) is 0 Å². The zero-order valence-corrected chi connectivity index (χ0v) is 14.7. The molecular formula is C18H30N2O4. The van der Waals surface area contributed by atoms with Crippen molar-refractivity contribution < 1.29 is 19.1 Å². The summed E-state index contributed by atoms with van der Waals surface area (Å²) in [6, 6.07) is -0.308. The highest BCUT2D eigenvalue weighted by Crippen LogP contribution is 2.24. The van der Waals surface area contributed by atoms with E-state index in [-0.39, 0.29) is 24.0 Å². The van der Waals surface area contributed by atoms with Crippen LogP contribution in [-0.4, -0.2) is 73.2 Å². The van der Waals surface area contributed by atoms with Crippen molar-refractivity contribution in [2.75, 3.05) is 39.5 Å². The number of likely N-dealkylation sites (tertiary alicyclic amines) is 1. The van der Waals surface area contributed by atoms with Crippen molar-refractivity contribution in [2.24, 2.45) is 5.92 Å². The smallest absolute Gasteiger partial charge is 0.252 e. The van der Waals surface area contributed by atoms with Gasteiger partial charge in [-0.05, 0) is 45.4 Å². The van der Waals surface area contributed by atoms with Crippen LogP contribution in [0.4, 0.5) is 0 Å². The van der Waals surface area contributed by atoms with Crippen LogP contribution in [0.3, 0.4) is 0 Å². The molecule has 0 saturated carbocycles. The number of rotatable bonds is 5. The minimum atomic E-state index is -0.336. The van der Waals surface area contributed by atoms with Gasteiger partial charge in [0.2, 0.25) is 5.91 Å². The van der Waals surface area contributed by atoms with Crippen molar-refractivity contribution in [1.82, 2.24) is 9.80 Å². The first-order chi connectivity index (χ1) is 11.7. The van der Waals surface area contributed by atoms with Gasteiger partial charge in [-0.15, -0.1) is 0 Å².